The van der Waals surface area contributed by atoms with Gasteiger partial charge in [-0.25, -0.2) is 12.8 Å². The van der Waals surface area contributed by atoms with E-state index in [0.29, 0.717) is 44.4 Å². The number of aliphatic imine (C=N–C) groups is 1. The van der Waals surface area contributed by atoms with Crippen LogP contribution < -0.4 is 10.6 Å². The van der Waals surface area contributed by atoms with Gasteiger partial charge in [-0.3, -0.25) is 4.99 Å². The lowest BCUT2D eigenvalue weighted by Gasteiger charge is -2.26. The summed E-state index contributed by atoms with van der Waals surface area (Å²) in [6.45, 7) is 4.01. The Morgan fingerprint density at radius 3 is 2.62 bits per heavy atom. The molecule has 0 saturated carbocycles. The Morgan fingerprint density at radius 1 is 1.31 bits per heavy atom. The summed E-state index contributed by atoms with van der Waals surface area (Å²) in [6.07, 6.45) is 0. The first-order valence-electron chi connectivity index (χ1n) is 8.17. The Labute approximate surface area is 171 Å². The van der Waals surface area contributed by atoms with Crippen molar-refractivity contribution in [1.82, 2.24) is 14.9 Å². The van der Waals surface area contributed by atoms with Crippen molar-refractivity contribution < 1.29 is 17.5 Å². The van der Waals surface area contributed by atoms with Crippen LogP contribution in [0.25, 0.3) is 0 Å². The first-order chi connectivity index (χ1) is 11.9. The SMILES string of the molecule is CN=C(NCCS(=O)(=O)N1CCOCC1)NCc1ccc(C)c(F)c1.I. The summed E-state index contributed by atoms with van der Waals surface area (Å²) in [6, 6.07) is 5.03. The van der Waals surface area contributed by atoms with E-state index in [1.165, 1.54) is 10.4 Å². The third-order valence-corrected chi connectivity index (χ3v) is 5.81. The van der Waals surface area contributed by atoms with Crippen LogP contribution >= 0.6 is 24.0 Å². The summed E-state index contributed by atoms with van der Waals surface area (Å²) in [5, 5.41) is 6.01. The number of morpholine rings is 1. The molecule has 1 heterocycles. The summed E-state index contributed by atoms with van der Waals surface area (Å²) < 4.78 is 44.6. The Kier molecular flexibility index (Phi) is 9.75. The van der Waals surface area contributed by atoms with Crippen LogP contribution in [0.3, 0.4) is 0 Å². The van der Waals surface area contributed by atoms with Crippen molar-refractivity contribution in [2.45, 2.75) is 13.5 Å². The average molecular weight is 500 g/mol. The highest BCUT2D eigenvalue weighted by Crippen LogP contribution is 2.09. The smallest absolute Gasteiger partial charge is 0.215 e. The third-order valence-electron chi connectivity index (χ3n) is 3.94. The van der Waals surface area contributed by atoms with Gasteiger partial charge >= 0.3 is 0 Å². The lowest BCUT2D eigenvalue weighted by atomic mass is 10.1. The van der Waals surface area contributed by atoms with Gasteiger partial charge in [-0.1, -0.05) is 12.1 Å². The topological polar surface area (TPSA) is 83.0 Å². The quantitative estimate of drug-likeness (QED) is 0.347. The lowest BCUT2D eigenvalue weighted by molar-refractivity contribution is 0.0730. The molecule has 1 aliphatic heterocycles. The normalized spacial score (nSPS) is 16.0. The zero-order valence-electron chi connectivity index (χ0n) is 15.0. The summed E-state index contributed by atoms with van der Waals surface area (Å²) in [5.74, 6) is 0.198. The van der Waals surface area contributed by atoms with Gasteiger partial charge in [0.25, 0.3) is 0 Å². The Hall–Kier alpha value is -0.980. The van der Waals surface area contributed by atoms with Crippen molar-refractivity contribution >= 4 is 40.0 Å². The minimum absolute atomic E-state index is 0. The van der Waals surface area contributed by atoms with Crippen LogP contribution in [0.5, 0.6) is 0 Å². The molecule has 0 unspecified atom stereocenters. The predicted octanol–water partition coefficient (Wildman–Crippen LogP) is 1.08. The third kappa shape index (κ3) is 6.97. The first kappa shape index (κ1) is 23.1. The Balaban J connectivity index is 0.00000338. The Morgan fingerprint density at radius 2 is 2.00 bits per heavy atom. The number of hydrogen-bond donors (Lipinski definition) is 2. The molecular formula is C16H26FIN4O3S. The summed E-state index contributed by atoms with van der Waals surface area (Å²) in [4.78, 5) is 4.05. The van der Waals surface area contributed by atoms with E-state index in [-0.39, 0.29) is 42.1 Å². The molecule has 0 bridgehead atoms. The molecule has 1 aromatic rings. The molecule has 1 aromatic carbocycles. The van der Waals surface area contributed by atoms with Crippen molar-refractivity contribution in [2.24, 2.45) is 4.99 Å². The summed E-state index contributed by atoms with van der Waals surface area (Å²) in [7, 11) is -1.71. The van der Waals surface area contributed by atoms with Crippen LogP contribution in [0.1, 0.15) is 11.1 Å². The van der Waals surface area contributed by atoms with Crippen molar-refractivity contribution in [2.75, 3.05) is 45.6 Å². The molecule has 1 fully saturated rings. The highest BCUT2D eigenvalue weighted by molar-refractivity contribution is 14.0. The lowest BCUT2D eigenvalue weighted by Crippen LogP contribution is -2.45. The van der Waals surface area contributed by atoms with Gasteiger partial charge in [-0.2, -0.15) is 4.31 Å². The van der Waals surface area contributed by atoms with Crippen LogP contribution in [-0.2, 0) is 21.3 Å². The second kappa shape index (κ2) is 11.0. The molecule has 0 radical (unpaired) electrons. The van der Waals surface area contributed by atoms with E-state index >= 15 is 0 Å². The average Bonchev–Trinajstić information content (AvgIpc) is 2.61. The number of sulfonamides is 1. The van der Waals surface area contributed by atoms with Crippen molar-refractivity contribution in [3.63, 3.8) is 0 Å². The maximum absolute atomic E-state index is 13.5. The van der Waals surface area contributed by atoms with Gasteiger partial charge in [-0.15, -0.1) is 24.0 Å². The van der Waals surface area contributed by atoms with Crippen molar-refractivity contribution in [3.8, 4) is 0 Å². The second-order valence-corrected chi connectivity index (χ2v) is 7.85. The highest BCUT2D eigenvalue weighted by Gasteiger charge is 2.23. The van der Waals surface area contributed by atoms with E-state index in [2.05, 4.69) is 15.6 Å². The number of nitrogens with zero attached hydrogens (tertiary/aromatic N) is 2. The number of halogens is 2. The molecule has 0 aliphatic carbocycles. The van der Waals surface area contributed by atoms with Gasteiger partial charge in [0.2, 0.25) is 10.0 Å². The monoisotopic (exact) mass is 500 g/mol. The molecular weight excluding hydrogens is 474 g/mol. The fraction of sp³-hybridized carbons (Fsp3) is 0.562. The number of hydrogen-bond acceptors (Lipinski definition) is 4. The van der Waals surface area contributed by atoms with E-state index in [1.54, 1.807) is 20.0 Å². The van der Waals surface area contributed by atoms with Crippen LogP contribution in [0.4, 0.5) is 4.39 Å². The van der Waals surface area contributed by atoms with Gasteiger partial charge in [0, 0.05) is 33.2 Å². The predicted molar refractivity (Wildman–Crippen MR) is 111 cm³/mol. The van der Waals surface area contributed by atoms with Gasteiger partial charge in [0.05, 0.1) is 19.0 Å². The number of ether oxygens (including phenoxy) is 1. The van der Waals surface area contributed by atoms with Crippen molar-refractivity contribution in [3.05, 3.63) is 35.1 Å². The molecule has 0 spiro atoms. The molecule has 2 N–H and O–H groups in total. The molecule has 148 valence electrons. The van der Waals surface area contributed by atoms with Crippen LogP contribution in [-0.4, -0.2) is 64.3 Å². The number of nitrogens with one attached hydrogen (secondary N) is 2. The van der Waals surface area contributed by atoms with E-state index in [4.69, 9.17) is 4.74 Å². The van der Waals surface area contributed by atoms with Crippen molar-refractivity contribution in [1.29, 1.82) is 0 Å². The van der Waals surface area contributed by atoms with Gasteiger partial charge in [0.15, 0.2) is 5.96 Å². The van der Waals surface area contributed by atoms with E-state index in [0.717, 1.165) is 5.56 Å². The zero-order valence-corrected chi connectivity index (χ0v) is 18.1. The van der Waals surface area contributed by atoms with Crippen LogP contribution in [0.2, 0.25) is 0 Å². The van der Waals surface area contributed by atoms with E-state index in [1.807, 2.05) is 6.07 Å². The fourth-order valence-electron chi connectivity index (χ4n) is 2.41. The largest absolute Gasteiger partial charge is 0.379 e. The fourth-order valence-corrected chi connectivity index (χ4v) is 3.73. The molecule has 0 atom stereocenters. The molecule has 10 heteroatoms. The Bertz CT molecular complexity index is 709. The minimum Gasteiger partial charge on any atom is -0.379 e. The van der Waals surface area contributed by atoms with Crippen LogP contribution in [0.15, 0.2) is 23.2 Å². The molecule has 1 saturated heterocycles. The summed E-state index contributed by atoms with van der Waals surface area (Å²) in [5.41, 5.74) is 1.38. The van der Waals surface area contributed by atoms with Gasteiger partial charge in [0.1, 0.15) is 5.82 Å². The van der Waals surface area contributed by atoms with Gasteiger partial charge < -0.3 is 15.4 Å². The standard InChI is InChI=1S/C16H25FN4O3S.HI/c1-13-3-4-14(11-15(13)17)12-20-16(18-2)19-5-10-25(22,23)21-6-8-24-9-7-21;/h3-4,11H,5-10,12H2,1-2H3,(H2,18,19,20);1H. The maximum atomic E-state index is 13.5. The molecule has 0 amide bonds. The highest BCUT2D eigenvalue weighted by atomic mass is 127. The maximum Gasteiger partial charge on any atom is 0.215 e. The first-order valence-corrected chi connectivity index (χ1v) is 9.78. The van der Waals surface area contributed by atoms with Gasteiger partial charge in [-0.05, 0) is 24.1 Å². The van der Waals surface area contributed by atoms with E-state index in [9.17, 15) is 12.8 Å². The molecule has 7 nitrogen and oxygen atoms in total. The molecule has 0 aromatic heterocycles. The number of rotatable bonds is 6. The van der Waals surface area contributed by atoms with E-state index < -0.39 is 10.0 Å². The second-order valence-electron chi connectivity index (χ2n) is 5.76. The summed E-state index contributed by atoms with van der Waals surface area (Å²) >= 11 is 0. The molecule has 1 aliphatic rings. The number of benzene rings is 1. The zero-order chi connectivity index (χ0) is 18.3. The molecule has 2 rings (SSSR count). The number of guanidine groups is 1. The van der Waals surface area contributed by atoms with Crippen LogP contribution in [0, 0.1) is 12.7 Å². The molecule has 26 heavy (non-hydrogen) atoms. The minimum atomic E-state index is -3.31. The number of aryl methyl sites for hydroxylation is 1.